The fourth-order valence-corrected chi connectivity index (χ4v) is 9.60. The molecule has 12 rings (SSSR count). The number of para-hydroxylation sites is 2. The van der Waals surface area contributed by atoms with E-state index in [0.717, 1.165) is 55.0 Å². The van der Waals surface area contributed by atoms with Gasteiger partial charge in [0, 0.05) is 38.1 Å². The maximum Gasteiger partial charge on any atom is 0.238 e. The SMILES string of the molecule is CC1(C)c2ccccc2-c2ccc3c4ccccc4n(-c4nc(-c5ccc(-c6ccccc6-c6ccccc6)cc5)nc(-c5cccc6oc7ccccc7c56)n4)c3c21. The zero-order valence-electron chi connectivity index (χ0n) is 32.5. The zero-order valence-corrected chi connectivity index (χ0v) is 32.5. The van der Waals surface area contributed by atoms with Crippen molar-refractivity contribution in [2.24, 2.45) is 0 Å². The number of hydrogen-bond acceptors (Lipinski definition) is 4. The molecule has 0 unspecified atom stereocenters. The van der Waals surface area contributed by atoms with Gasteiger partial charge in [-0.1, -0.05) is 178 Å². The molecule has 5 nitrogen and oxygen atoms in total. The Balaban J connectivity index is 1.12. The summed E-state index contributed by atoms with van der Waals surface area (Å²) in [5.41, 5.74) is 15.1. The standard InChI is InChI=1S/C54H36N4O/c1-54(2)44-23-11-8-19-38(44)40-31-32-41-39-20-9-12-24-45(39)58(50(41)49(40)54)53-56-51(55-52(57-53)43-22-14-26-47-48(43)42-21-10-13-25-46(42)59-47)35-29-27-34(28-30-35)37-18-7-6-17-36(37)33-15-4-3-5-16-33/h3-32H,1-2H3. The van der Waals surface area contributed by atoms with Gasteiger partial charge in [-0.2, -0.15) is 9.97 Å². The number of nitrogens with zero attached hydrogens (tertiary/aromatic N) is 4. The molecule has 0 radical (unpaired) electrons. The number of hydrogen-bond donors (Lipinski definition) is 0. The van der Waals surface area contributed by atoms with Crippen molar-refractivity contribution in [3.63, 3.8) is 0 Å². The third kappa shape index (κ3) is 5.01. The molecule has 0 saturated heterocycles. The van der Waals surface area contributed by atoms with Crippen LogP contribution in [0, 0.1) is 0 Å². The molecule has 0 amide bonds. The van der Waals surface area contributed by atoms with Crippen LogP contribution >= 0.6 is 0 Å². The van der Waals surface area contributed by atoms with E-state index in [1.165, 1.54) is 44.3 Å². The molecule has 1 aliphatic carbocycles. The lowest BCUT2D eigenvalue weighted by molar-refractivity contribution is 0.663. The van der Waals surface area contributed by atoms with Crippen LogP contribution in [0.1, 0.15) is 25.0 Å². The molecule has 1 aliphatic rings. The van der Waals surface area contributed by atoms with E-state index in [9.17, 15) is 0 Å². The topological polar surface area (TPSA) is 56.7 Å². The summed E-state index contributed by atoms with van der Waals surface area (Å²) in [5, 5.41) is 4.34. The Kier molecular flexibility index (Phi) is 7.20. The minimum absolute atomic E-state index is 0.260. The van der Waals surface area contributed by atoms with Crippen LogP contribution in [-0.2, 0) is 5.41 Å². The molecule has 5 heteroatoms. The Morgan fingerprint density at radius 2 is 1.03 bits per heavy atom. The predicted octanol–water partition coefficient (Wildman–Crippen LogP) is 13.8. The molecular formula is C54H36N4O. The summed E-state index contributed by atoms with van der Waals surface area (Å²) in [6.07, 6.45) is 0. The molecule has 0 saturated carbocycles. The van der Waals surface area contributed by atoms with E-state index >= 15 is 0 Å². The van der Waals surface area contributed by atoms with Gasteiger partial charge in [-0.15, -0.1) is 0 Å². The van der Waals surface area contributed by atoms with E-state index < -0.39 is 0 Å². The van der Waals surface area contributed by atoms with E-state index in [2.05, 4.69) is 170 Å². The lowest BCUT2D eigenvalue weighted by Gasteiger charge is -2.23. The van der Waals surface area contributed by atoms with Crippen molar-refractivity contribution in [1.82, 2.24) is 19.5 Å². The summed E-state index contributed by atoms with van der Waals surface area (Å²) in [4.78, 5) is 16.2. The molecule has 0 fully saturated rings. The molecule has 8 aromatic carbocycles. The normalized spacial score (nSPS) is 13.1. The molecular weight excluding hydrogens is 721 g/mol. The average molecular weight is 757 g/mol. The van der Waals surface area contributed by atoms with Crippen LogP contribution in [0.15, 0.2) is 186 Å². The van der Waals surface area contributed by atoms with Gasteiger partial charge in [0.15, 0.2) is 11.6 Å². The van der Waals surface area contributed by atoms with Crippen molar-refractivity contribution in [2.45, 2.75) is 19.3 Å². The Hall–Kier alpha value is -7.63. The van der Waals surface area contributed by atoms with Crippen LogP contribution < -0.4 is 0 Å². The predicted molar refractivity (Wildman–Crippen MR) is 241 cm³/mol. The number of rotatable bonds is 5. The van der Waals surface area contributed by atoms with Crippen LogP contribution in [0.5, 0.6) is 0 Å². The van der Waals surface area contributed by atoms with Crippen LogP contribution in [0.3, 0.4) is 0 Å². The second kappa shape index (κ2) is 12.7. The Bertz CT molecular complexity index is 3470. The van der Waals surface area contributed by atoms with Crippen molar-refractivity contribution in [3.05, 3.63) is 193 Å². The van der Waals surface area contributed by atoms with Gasteiger partial charge in [-0.3, -0.25) is 4.57 Å². The maximum atomic E-state index is 6.37. The van der Waals surface area contributed by atoms with Crippen LogP contribution in [0.25, 0.3) is 106 Å². The van der Waals surface area contributed by atoms with Crippen molar-refractivity contribution in [2.75, 3.05) is 0 Å². The first-order chi connectivity index (χ1) is 29.0. The molecule has 0 spiro atoms. The summed E-state index contributed by atoms with van der Waals surface area (Å²) in [6, 6.07) is 64.1. The van der Waals surface area contributed by atoms with Gasteiger partial charge in [0.2, 0.25) is 5.95 Å². The minimum atomic E-state index is -0.260. The maximum absolute atomic E-state index is 6.37. The third-order valence-electron chi connectivity index (χ3n) is 12.3. The smallest absolute Gasteiger partial charge is 0.238 e. The van der Waals surface area contributed by atoms with E-state index in [1.54, 1.807) is 0 Å². The quantitative estimate of drug-likeness (QED) is 0.175. The van der Waals surface area contributed by atoms with Gasteiger partial charge in [-0.05, 0) is 62.7 Å². The first-order valence-corrected chi connectivity index (χ1v) is 20.1. The largest absolute Gasteiger partial charge is 0.456 e. The molecule has 11 aromatic rings. The number of aromatic nitrogens is 4. The first kappa shape index (κ1) is 33.5. The fraction of sp³-hybridized carbons (Fsp3) is 0.0556. The van der Waals surface area contributed by atoms with Gasteiger partial charge in [0.25, 0.3) is 0 Å². The molecule has 59 heavy (non-hydrogen) atoms. The third-order valence-corrected chi connectivity index (χ3v) is 12.3. The zero-order chi connectivity index (χ0) is 39.2. The van der Waals surface area contributed by atoms with Crippen molar-refractivity contribution < 1.29 is 4.42 Å². The summed E-state index contributed by atoms with van der Waals surface area (Å²) < 4.78 is 8.65. The summed E-state index contributed by atoms with van der Waals surface area (Å²) in [7, 11) is 0. The number of furan rings is 1. The van der Waals surface area contributed by atoms with Gasteiger partial charge in [0.1, 0.15) is 11.2 Å². The second-order valence-electron chi connectivity index (χ2n) is 16.0. The van der Waals surface area contributed by atoms with Crippen molar-refractivity contribution in [1.29, 1.82) is 0 Å². The molecule has 0 bridgehead atoms. The fourth-order valence-electron chi connectivity index (χ4n) is 9.60. The first-order valence-electron chi connectivity index (χ1n) is 20.1. The number of benzene rings is 8. The van der Waals surface area contributed by atoms with Crippen LogP contribution in [0.4, 0.5) is 0 Å². The van der Waals surface area contributed by atoms with Crippen LogP contribution in [-0.4, -0.2) is 19.5 Å². The molecule has 3 aromatic heterocycles. The molecule has 0 aliphatic heterocycles. The highest BCUT2D eigenvalue weighted by molar-refractivity contribution is 6.14. The van der Waals surface area contributed by atoms with Gasteiger partial charge >= 0.3 is 0 Å². The minimum Gasteiger partial charge on any atom is -0.456 e. The summed E-state index contributed by atoms with van der Waals surface area (Å²) in [5.74, 6) is 1.75. The Labute approximate surface area is 340 Å². The lowest BCUT2D eigenvalue weighted by Crippen LogP contribution is -2.17. The average Bonchev–Trinajstić information content (AvgIpc) is 3.92. The Morgan fingerprint density at radius 1 is 0.424 bits per heavy atom. The van der Waals surface area contributed by atoms with E-state index in [1.807, 2.05) is 30.3 Å². The molecule has 278 valence electrons. The highest BCUT2D eigenvalue weighted by Gasteiger charge is 2.38. The van der Waals surface area contributed by atoms with E-state index in [4.69, 9.17) is 19.4 Å². The Morgan fingerprint density at radius 3 is 1.85 bits per heavy atom. The van der Waals surface area contributed by atoms with Gasteiger partial charge in [0.05, 0.1) is 11.0 Å². The molecule has 0 N–H and O–H groups in total. The van der Waals surface area contributed by atoms with Crippen molar-refractivity contribution >= 4 is 43.7 Å². The van der Waals surface area contributed by atoms with Gasteiger partial charge < -0.3 is 4.42 Å². The van der Waals surface area contributed by atoms with E-state index in [-0.39, 0.29) is 5.41 Å². The molecule has 3 heterocycles. The van der Waals surface area contributed by atoms with Crippen molar-refractivity contribution in [3.8, 4) is 62.1 Å². The highest BCUT2D eigenvalue weighted by Crippen LogP contribution is 2.53. The molecule has 0 atom stereocenters. The lowest BCUT2D eigenvalue weighted by atomic mass is 9.81. The second-order valence-corrected chi connectivity index (χ2v) is 16.0. The number of fused-ring (bicyclic) bond motifs is 10. The summed E-state index contributed by atoms with van der Waals surface area (Å²) >= 11 is 0. The van der Waals surface area contributed by atoms with E-state index in [0.29, 0.717) is 17.6 Å². The van der Waals surface area contributed by atoms with Gasteiger partial charge in [-0.25, -0.2) is 4.98 Å². The van der Waals surface area contributed by atoms with Crippen LogP contribution in [0.2, 0.25) is 0 Å². The monoisotopic (exact) mass is 756 g/mol. The highest BCUT2D eigenvalue weighted by atomic mass is 16.3. The summed E-state index contributed by atoms with van der Waals surface area (Å²) in [6.45, 7) is 4.68.